The van der Waals surface area contributed by atoms with E-state index in [1.807, 2.05) is 18.2 Å². The van der Waals surface area contributed by atoms with Gasteiger partial charge < -0.3 is 0 Å². The summed E-state index contributed by atoms with van der Waals surface area (Å²) >= 11 is 5.80. The Bertz CT molecular complexity index is 1270. The molecular formula is C23H26ClNO5S2. The third-order valence-electron chi connectivity index (χ3n) is 5.33. The summed E-state index contributed by atoms with van der Waals surface area (Å²) in [4.78, 5) is 0.0482. The molecule has 9 heteroatoms. The molecule has 0 aliphatic heterocycles. The van der Waals surface area contributed by atoms with Gasteiger partial charge in [-0.3, -0.25) is 4.55 Å². The van der Waals surface area contributed by atoms with Gasteiger partial charge in [0.25, 0.3) is 10.1 Å². The van der Waals surface area contributed by atoms with E-state index >= 15 is 0 Å². The molecule has 0 saturated carbocycles. The standard InChI is InChI=1S/C23H26ClNO5S2/c1-16(2)17-6-12-21-18(15-23(32(28,29)30)22(21)13-7-17)5-3-4-14-25-31(26,27)20-10-8-19(24)9-11-20/h6-13,15-16,25H,3-5,14H2,1-2H3,(H,28,29,30)/i15+2. The first-order valence-electron chi connectivity index (χ1n) is 10.3. The van der Waals surface area contributed by atoms with Crippen LogP contribution in [-0.4, -0.2) is 27.9 Å². The van der Waals surface area contributed by atoms with Gasteiger partial charge in [-0.05, 0) is 72.2 Å². The van der Waals surface area contributed by atoms with Crippen LogP contribution >= 0.6 is 11.6 Å². The van der Waals surface area contributed by atoms with Gasteiger partial charge in [0.05, 0.1) is 4.90 Å². The second-order valence-electron chi connectivity index (χ2n) is 7.97. The highest BCUT2D eigenvalue weighted by Gasteiger charge is 2.23. The van der Waals surface area contributed by atoms with Gasteiger partial charge in [0.2, 0.25) is 10.0 Å². The van der Waals surface area contributed by atoms with Crippen LogP contribution in [-0.2, 0) is 26.6 Å². The van der Waals surface area contributed by atoms with Crippen molar-refractivity contribution in [2.75, 3.05) is 6.54 Å². The fourth-order valence-electron chi connectivity index (χ4n) is 3.55. The quantitative estimate of drug-likeness (QED) is 0.316. The van der Waals surface area contributed by atoms with Gasteiger partial charge in [0.1, 0.15) is 4.90 Å². The Morgan fingerprint density at radius 1 is 0.938 bits per heavy atom. The number of aryl methyl sites for hydroxylation is 1. The Hall–Kier alpha value is -1.97. The monoisotopic (exact) mass is 497 g/mol. The Balaban J connectivity index is 1.70. The molecule has 2 N–H and O–H groups in total. The van der Waals surface area contributed by atoms with Crippen LogP contribution in [0.4, 0.5) is 0 Å². The van der Waals surface area contributed by atoms with E-state index in [0.29, 0.717) is 29.8 Å². The predicted octanol–water partition coefficient (Wildman–Crippen LogP) is 5.12. The molecule has 0 heterocycles. The smallest absolute Gasteiger partial charge is 0.282 e. The number of sulfonamides is 1. The minimum atomic E-state index is -4.36. The molecule has 0 fully saturated rings. The van der Waals surface area contributed by atoms with Crippen molar-refractivity contribution < 1.29 is 21.4 Å². The van der Waals surface area contributed by atoms with E-state index in [1.165, 1.54) is 30.3 Å². The summed E-state index contributed by atoms with van der Waals surface area (Å²) in [6, 6.07) is 14.9. The zero-order valence-electron chi connectivity index (χ0n) is 17.9. The van der Waals surface area contributed by atoms with E-state index in [2.05, 4.69) is 18.6 Å². The number of halogens is 1. The van der Waals surface area contributed by atoms with Gasteiger partial charge in [-0.1, -0.05) is 49.7 Å². The Morgan fingerprint density at radius 2 is 1.56 bits per heavy atom. The third-order valence-corrected chi connectivity index (χ3v) is 7.95. The average molecular weight is 498 g/mol. The van der Waals surface area contributed by atoms with Crippen LogP contribution in [0.25, 0.3) is 11.1 Å². The molecule has 0 saturated heterocycles. The maximum atomic E-state index is 12.3. The number of nitrogens with one attached hydrogen (secondary N) is 1. The highest BCUT2D eigenvalue weighted by atomic mass is 35.5. The second kappa shape index (κ2) is 9.89. The van der Waals surface area contributed by atoms with Crippen LogP contribution in [0.15, 0.2) is 64.4 Å². The van der Waals surface area contributed by atoms with Crippen molar-refractivity contribution >= 4 is 31.7 Å². The van der Waals surface area contributed by atoms with Gasteiger partial charge >= 0.3 is 0 Å². The molecule has 2 aliphatic rings. The van der Waals surface area contributed by atoms with Crippen LogP contribution < -0.4 is 4.72 Å². The highest BCUT2D eigenvalue weighted by molar-refractivity contribution is 7.89. The summed E-state index contributed by atoms with van der Waals surface area (Å²) in [5.41, 5.74) is 3.12. The lowest BCUT2D eigenvalue weighted by Crippen LogP contribution is -2.24. The first-order chi connectivity index (χ1) is 15.0. The summed E-state index contributed by atoms with van der Waals surface area (Å²) in [6.07, 6.45) is 1.76. The first kappa shape index (κ1) is 24.7. The molecule has 1 aromatic carbocycles. The molecule has 0 bridgehead atoms. The Morgan fingerprint density at radius 3 is 2.16 bits per heavy atom. The molecule has 2 aliphatic carbocycles. The zero-order valence-corrected chi connectivity index (χ0v) is 20.3. The number of benzene rings is 1. The Kier molecular flexibility index (Phi) is 7.62. The largest absolute Gasteiger partial charge is 0.295 e. The van der Waals surface area contributed by atoms with Crippen molar-refractivity contribution in [3.63, 3.8) is 0 Å². The highest BCUT2D eigenvalue weighted by Crippen LogP contribution is 2.36. The maximum Gasteiger partial charge on any atom is 0.295 e. The number of unbranched alkanes of at least 4 members (excludes halogenated alkanes) is 1. The molecule has 32 heavy (non-hydrogen) atoms. The Labute approximate surface area is 194 Å². The molecule has 0 amide bonds. The third kappa shape index (κ3) is 5.88. The summed E-state index contributed by atoms with van der Waals surface area (Å²) in [6.45, 7) is 4.35. The molecule has 1 aromatic rings. The van der Waals surface area contributed by atoms with Gasteiger partial charge in [-0.25, -0.2) is 13.1 Å². The molecule has 0 unspecified atom stereocenters. The average Bonchev–Trinajstić information content (AvgIpc) is 2.91. The normalized spacial score (nSPS) is 12.5. The van der Waals surface area contributed by atoms with E-state index in [4.69, 9.17) is 11.6 Å². The number of rotatable bonds is 9. The van der Waals surface area contributed by atoms with Crippen LogP contribution in [0.1, 0.15) is 43.7 Å². The molecule has 0 radical (unpaired) electrons. The minimum absolute atomic E-state index is 0.100. The van der Waals surface area contributed by atoms with E-state index in [9.17, 15) is 21.4 Å². The van der Waals surface area contributed by atoms with Crippen LogP contribution in [0.3, 0.4) is 0 Å². The molecular weight excluding hydrogens is 472 g/mol. The zero-order chi connectivity index (χ0) is 23.5. The van der Waals surface area contributed by atoms with E-state index in [1.54, 1.807) is 6.07 Å². The van der Waals surface area contributed by atoms with Crippen molar-refractivity contribution in [1.82, 2.24) is 4.72 Å². The molecule has 0 spiro atoms. The molecule has 0 aromatic heterocycles. The predicted molar refractivity (Wildman–Crippen MR) is 127 cm³/mol. The molecule has 0 atom stereocenters. The number of hydrogen-bond acceptors (Lipinski definition) is 4. The SMILES string of the molecule is CC(C)c1ccc2c(CCCCNS(=O)(=O)c3ccc(Cl)cc3)[14cH]c(S(=O)(=O)O)c-2cc1. The first-order valence-corrected chi connectivity index (χ1v) is 13.6. The lowest BCUT2D eigenvalue weighted by molar-refractivity contribution is 0.483. The fourth-order valence-corrected chi connectivity index (χ4v) is 5.50. The number of fused-ring (bicyclic) bond motifs is 1. The number of hydrogen-bond donors (Lipinski definition) is 2. The van der Waals surface area contributed by atoms with Crippen LogP contribution in [0, 0.1) is 0 Å². The van der Waals surface area contributed by atoms with Gasteiger partial charge in [-0.2, -0.15) is 8.42 Å². The van der Waals surface area contributed by atoms with E-state index in [-0.39, 0.29) is 22.3 Å². The van der Waals surface area contributed by atoms with Crippen molar-refractivity contribution in [1.29, 1.82) is 0 Å². The van der Waals surface area contributed by atoms with Gasteiger partial charge in [0.15, 0.2) is 0 Å². The van der Waals surface area contributed by atoms with Crippen molar-refractivity contribution in [2.45, 2.75) is 48.8 Å². The summed E-state index contributed by atoms with van der Waals surface area (Å²) in [5.74, 6) is 0.276. The van der Waals surface area contributed by atoms with Crippen molar-refractivity contribution in [3.05, 3.63) is 70.7 Å². The summed E-state index contributed by atoms with van der Waals surface area (Å²) in [5, 5.41) is 0.462. The lowest BCUT2D eigenvalue weighted by atomic mass is 10.1. The van der Waals surface area contributed by atoms with E-state index in [0.717, 1.165) is 16.7 Å². The van der Waals surface area contributed by atoms with Crippen LogP contribution in [0.2, 0.25) is 5.02 Å². The second-order valence-corrected chi connectivity index (χ2v) is 11.6. The minimum Gasteiger partial charge on any atom is -0.282 e. The van der Waals surface area contributed by atoms with Crippen molar-refractivity contribution in [2.24, 2.45) is 0 Å². The molecule has 172 valence electrons. The molecule has 6 nitrogen and oxygen atoms in total. The summed E-state index contributed by atoms with van der Waals surface area (Å²) < 4.78 is 60.7. The van der Waals surface area contributed by atoms with Crippen molar-refractivity contribution in [3.8, 4) is 11.1 Å². The van der Waals surface area contributed by atoms with Gasteiger partial charge in [-0.15, -0.1) is 0 Å². The maximum absolute atomic E-state index is 12.3. The van der Waals surface area contributed by atoms with Crippen LogP contribution in [0.5, 0.6) is 0 Å². The topological polar surface area (TPSA) is 101 Å². The fraction of sp³-hybridized carbons (Fsp3) is 0.304. The lowest BCUT2D eigenvalue weighted by Gasteiger charge is -2.07. The summed E-state index contributed by atoms with van der Waals surface area (Å²) in [7, 11) is -7.98. The molecule has 3 rings (SSSR count). The van der Waals surface area contributed by atoms with Gasteiger partial charge in [0, 0.05) is 17.1 Å². The van der Waals surface area contributed by atoms with E-state index < -0.39 is 20.1 Å².